The van der Waals surface area contributed by atoms with E-state index in [0.717, 1.165) is 18.8 Å². The molecule has 0 aliphatic rings. The van der Waals surface area contributed by atoms with Crippen LogP contribution in [0.3, 0.4) is 0 Å². The lowest BCUT2D eigenvalue weighted by Crippen LogP contribution is -2.28. The summed E-state index contributed by atoms with van der Waals surface area (Å²) < 4.78 is 5.68. The summed E-state index contributed by atoms with van der Waals surface area (Å²) in [6.07, 6.45) is 1.15. The highest BCUT2D eigenvalue weighted by molar-refractivity contribution is 5.29. The van der Waals surface area contributed by atoms with E-state index in [9.17, 15) is 0 Å². The summed E-state index contributed by atoms with van der Waals surface area (Å²) in [6, 6.07) is 9.36. The Bertz CT molecular complexity index is 331. The second-order valence-corrected chi connectivity index (χ2v) is 5.47. The fraction of sp³-hybridized carbons (Fsp3) is 0.625. The van der Waals surface area contributed by atoms with Crippen LogP contribution in [0.5, 0.6) is 5.75 Å². The molecule has 0 saturated carbocycles. The first-order valence-corrected chi connectivity index (χ1v) is 7.01. The molecule has 1 aromatic carbocycles. The van der Waals surface area contributed by atoms with Gasteiger partial charge in [-0.1, -0.05) is 32.9 Å². The van der Waals surface area contributed by atoms with Gasteiger partial charge in [0, 0.05) is 12.1 Å². The summed E-state index contributed by atoms with van der Waals surface area (Å²) >= 11 is 0. The van der Waals surface area contributed by atoms with E-state index < -0.39 is 0 Å². The van der Waals surface area contributed by atoms with Crippen LogP contribution in [0, 0.1) is 5.92 Å². The van der Waals surface area contributed by atoms with Gasteiger partial charge in [0.25, 0.3) is 0 Å². The Hall–Kier alpha value is -1.02. The Morgan fingerprint density at radius 1 is 1.06 bits per heavy atom. The summed E-state index contributed by atoms with van der Waals surface area (Å²) in [5.41, 5.74) is 1.31. The number of hydrogen-bond acceptors (Lipinski definition) is 2. The van der Waals surface area contributed by atoms with Gasteiger partial charge in [0.1, 0.15) is 5.75 Å². The molecule has 0 amide bonds. The van der Waals surface area contributed by atoms with Crippen molar-refractivity contribution in [1.29, 1.82) is 0 Å². The van der Waals surface area contributed by atoms with Crippen LogP contribution in [-0.2, 0) is 0 Å². The molecular formula is C16H27NO. The molecule has 2 atom stereocenters. The zero-order valence-corrected chi connectivity index (χ0v) is 12.4. The highest BCUT2D eigenvalue weighted by Crippen LogP contribution is 2.18. The normalized spacial score (nSPS) is 14.6. The molecule has 0 aromatic heterocycles. The quantitative estimate of drug-likeness (QED) is 0.783. The topological polar surface area (TPSA) is 21.3 Å². The van der Waals surface area contributed by atoms with E-state index in [1.54, 1.807) is 0 Å². The largest absolute Gasteiger partial charge is 0.493 e. The molecular weight excluding hydrogens is 222 g/mol. The molecule has 1 N–H and O–H groups in total. The minimum absolute atomic E-state index is 0.388. The third kappa shape index (κ3) is 5.09. The third-order valence-corrected chi connectivity index (χ3v) is 3.11. The van der Waals surface area contributed by atoms with E-state index in [-0.39, 0.29) is 0 Å². The van der Waals surface area contributed by atoms with Crippen LogP contribution >= 0.6 is 0 Å². The first kappa shape index (κ1) is 15.0. The fourth-order valence-electron chi connectivity index (χ4n) is 1.76. The zero-order valence-electron chi connectivity index (χ0n) is 12.4. The average molecular weight is 249 g/mol. The molecule has 0 radical (unpaired) electrons. The molecule has 2 nitrogen and oxygen atoms in total. The van der Waals surface area contributed by atoms with Gasteiger partial charge in [-0.15, -0.1) is 0 Å². The minimum atomic E-state index is 0.388. The fourth-order valence-corrected chi connectivity index (χ4v) is 1.76. The monoisotopic (exact) mass is 249 g/mol. The van der Waals surface area contributed by atoms with Crippen LogP contribution in [0.4, 0.5) is 0 Å². The first-order valence-electron chi connectivity index (χ1n) is 7.01. The molecule has 0 spiro atoms. The maximum Gasteiger partial charge on any atom is 0.119 e. The van der Waals surface area contributed by atoms with Gasteiger partial charge in [-0.2, -0.15) is 0 Å². The van der Waals surface area contributed by atoms with Gasteiger partial charge in [-0.05, 0) is 43.9 Å². The second-order valence-electron chi connectivity index (χ2n) is 5.47. The molecule has 2 heteroatoms. The van der Waals surface area contributed by atoms with Crippen LogP contribution in [0.2, 0.25) is 0 Å². The van der Waals surface area contributed by atoms with Crippen LogP contribution in [0.1, 0.15) is 52.6 Å². The van der Waals surface area contributed by atoms with Gasteiger partial charge in [0.05, 0.1) is 6.61 Å². The maximum atomic E-state index is 5.68. The van der Waals surface area contributed by atoms with Crippen LogP contribution in [0.15, 0.2) is 24.3 Å². The molecule has 1 rings (SSSR count). The molecule has 18 heavy (non-hydrogen) atoms. The second kappa shape index (κ2) is 7.42. The Labute approximate surface area is 112 Å². The maximum absolute atomic E-state index is 5.68. The molecule has 0 unspecified atom stereocenters. The minimum Gasteiger partial charge on any atom is -0.493 e. The van der Waals surface area contributed by atoms with E-state index in [1.807, 2.05) is 0 Å². The van der Waals surface area contributed by atoms with E-state index in [4.69, 9.17) is 4.74 Å². The number of rotatable bonds is 7. The standard InChI is InChI=1S/C16H27NO/c1-6-13(4)17-14(5)15-7-9-16(10-8-15)18-11-12(2)3/h7-10,12-14,17H,6,11H2,1-5H3/t13-,14-/m1/s1. The molecule has 0 saturated heterocycles. The van der Waals surface area contributed by atoms with Crippen molar-refractivity contribution >= 4 is 0 Å². The van der Waals surface area contributed by atoms with Crippen molar-refractivity contribution in [1.82, 2.24) is 5.32 Å². The van der Waals surface area contributed by atoms with E-state index in [0.29, 0.717) is 18.0 Å². The summed E-state index contributed by atoms with van der Waals surface area (Å²) in [4.78, 5) is 0. The van der Waals surface area contributed by atoms with E-state index in [1.165, 1.54) is 5.56 Å². The Morgan fingerprint density at radius 2 is 1.67 bits per heavy atom. The van der Waals surface area contributed by atoms with Gasteiger partial charge in [-0.3, -0.25) is 0 Å². The number of ether oxygens (including phenoxy) is 1. The Kier molecular flexibility index (Phi) is 6.20. The highest BCUT2D eigenvalue weighted by atomic mass is 16.5. The summed E-state index contributed by atoms with van der Waals surface area (Å²) in [5, 5.41) is 3.57. The van der Waals surface area contributed by atoms with Gasteiger partial charge in [0.15, 0.2) is 0 Å². The van der Waals surface area contributed by atoms with Crippen molar-refractivity contribution < 1.29 is 4.74 Å². The lowest BCUT2D eigenvalue weighted by molar-refractivity contribution is 0.271. The average Bonchev–Trinajstić information content (AvgIpc) is 2.36. The number of benzene rings is 1. The Balaban J connectivity index is 2.53. The highest BCUT2D eigenvalue weighted by Gasteiger charge is 2.08. The van der Waals surface area contributed by atoms with Crippen molar-refractivity contribution in [3.8, 4) is 5.75 Å². The smallest absolute Gasteiger partial charge is 0.119 e. The predicted octanol–water partition coefficient (Wildman–Crippen LogP) is 4.17. The summed E-state index contributed by atoms with van der Waals surface area (Å²) in [6.45, 7) is 11.7. The first-order chi connectivity index (χ1) is 8.52. The van der Waals surface area contributed by atoms with Crippen molar-refractivity contribution in [3.05, 3.63) is 29.8 Å². The van der Waals surface area contributed by atoms with E-state index in [2.05, 4.69) is 64.2 Å². The lowest BCUT2D eigenvalue weighted by atomic mass is 10.1. The van der Waals surface area contributed by atoms with Crippen molar-refractivity contribution in [2.24, 2.45) is 5.92 Å². The molecule has 102 valence electrons. The zero-order chi connectivity index (χ0) is 13.5. The van der Waals surface area contributed by atoms with Gasteiger partial charge >= 0.3 is 0 Å². The van der Waals surface area contributed by atoms with Crippen molar-refractivity contribution in [2.45, 2.75) is 53.1 Å². The molecule has 0 heterocycles. The molecule has 0 aliphatic carbocycles. The summed E-state index contributed by atoms with van der Waals surface area (Å²) in [7, 11) is 0. The Morgan fingerprint density at radius 3 is 2.17 bits per heavy atom. The SMILES string of the molecule is CC[C@@H](C)N[C@H](C)c1ccc(OCC(C)C)cc1. The summed E-state index contributed by atoms with van der Waals surface area (Å²) in [5.74, 6) is 1.53. The predicted molar refractivity (Wildman–Crippen MR) is 78.1 cm³/mol. The van der Waals surface area contributed by atoms with Crippen molar-refractivity contribution in [2.75, 3.05) is 6.61 Å². The molecule has 0 bridgehead atoms. The number of hydrogen-bond donors (Lipinski definition) is 1. The van der Waals surface area contributed by atoms with Crippen molar-refractivity contribution in [3.63, 3.8) is 0 Å². The van der Waals surface area contributed by atoms with E-state index >= 15 is 0 Å². The number of nitrogens with one attached hydrogen (secondary N) is 1. The van der Waals surface area contributed by atoms with Crippen LogP contribution < -0.4 is 10.1 Å². The van der Waals surface area contributed by atoms with Gasteiger partial charge < -0.3 is 10.1 Å². The van der Waals surface area contributed by atoms with Gasteiger partial charge in [0.2, 0.25) is 0 Å². The molecule has 0 aliphatic heterocycles. The van der Waals surface area contributed by atoms with Crippen LogP contribution in [0.25, 0.3) is 0 Å². The molecule has 1 aromatic rings. The lowest BCUT2D eigenvalue weighted by Gasteiger charge is -2.19. The van der Waals surface area contributed by atoms with Crippen LogP contribution in [-0.4, -0.2) is 12.6 Å². The third-order valence-electron chi connectivity index (χ3n) is 3.11. The molecule has 0 fully saturated rings. The van der Waals surface area contributed by atoms with Gasteiger partial charge in [-0.25, -0.2) is 0 Å².